The molecule has 1 heterocycles. The van der Waals surface area contributed by atoms with Crippen LogP contribution in [0.1, 0.15) is 11.5 Å². The van der Waals surface area contributed by atoms with Crippen LogP contribution in [0.25, 0.3) is 0 Å². The normalized spacial score (nSPS) is 13.2. The number of hydrogen-bond donors (Lipinski definition) is 1. The topological polar surface area (TPSA) is 52.1 Å². The molecule has 0 saturated heterocycles. The number of alkyl halides is 1. The van der Waals surface area contributed by atoms with Crippen LogP contribution in [0, 0.1) is 19.1 Å². The zero-order valence-electron chi connectivity index (χ0n) is 7.70. The van der Waals surface area contributed by atoms with Crippen LogP contribution in [0.2, 0.25) is 0 Å². The molecule has 0 aliphatic carbocycles. The maximum Gasteiger partial charge on any atom is 0.256 e. The molecular weight excluding hydrogens is 192 g/mol. The Labute approximate surface area is 82.0 Å². The summed E-state index contributed by atoms with van der Waals surface area (Å²) in [7, 11) is 0. The van der Waals surface area contributed by atoms with Gasteiger partial charge in [-0.3, -0.25) is 0 Å². The summed E-state index contributed by atoms with van der Waals surface area (Å²) in [5.74, 6) is 0.747. The van der Waals surface area contributed by atoms with E-state index in [4.69, 9.17) is 11.6 Å². The number of hydrogen-bond acceptors (Lipinski definition) is 2. The van der Waals surface area contributed by atoms with Gasteiger partial charge in [0.15, 0.2) is 0 Å². The first-order chi connectivity index (χ1) is 6.06. The van der Waals surface area contributed by atoms with E-state index in [0.29, 0.717) is 12.4 Å². The summed E-state index contributed by atoms with van der Waals surface area (Å²) in [4.78, 5) is 0. The number of aromatic nitrogens is 2. The van der Waals surface area contributed by atoms with E-state index in [1.807, 2.05) is 6.92 Å². The Balaban J connectivity index is 2.87. The summed E-state index contributed by atoms with van der Waals surface area (Å²) < 4.78 is 2.54. The number of imidazole rings is 1. The van der Waals surface area contributed by atoms with Crippen molar-refractivity contribution in [2.24, 2.45) is 0 Å². The Morgan fingerprint density at radius 2 is 2.31 bits per heavy atom. The van der Waals surface area contributed by atoms with Crippen LogP contribution < -0.4 is 4.73 Å². The van der Waals surface area contributed by atoms with Gasteiger partial charge in [0.2, 0.25) is 0 Å². The van der Waals surface area contributed by atoms with Crippen molar-refractivity contribution in [1.29, 1.82) is 0 Å². The summed E-state index contributed by atoms with van der Waals surface area (Å²) in [5, 5.41) is 20.4. The fourth-order valence-electron chi connectivity index (χ4n) is 1.24. The molecule has 1 aromatic rings. The van der Waals surface area contributed by atoms with E-state index in [1.165, 1.54) is 6.20 Å². The highest BCUT2D eigenvalue weighted by molar-refractivity contribution is 6.18. The quantitative estimate of drug-likeness (QED) is 0.439. The third kappa shape index (κ3) is 2.14. The molecule has 5 heteroatoms. The molecule has 0 saturated carbocycles. The molecule has 1 atom stereocenters. The highest BCUT2D eigenvalue weighted by atomic mass is 35.5. The molecule has 0 amide bonds. The Kier molecular flexibility index (Phi) is 3.17. The average molecular weight is 205 g/mol. The summed E-state index contributed by atoms with van der Waals surface area (Å²) in [5.41, 5.74) is 0.830. The number of rotatable bonds is 3. The second-order valence-electron chi connectivity index (χ2n) is 3.06. The van der Waals surface area contributed by atoms with E-state index in [9.17, 15) is 10.3 Å². The van der Waals surface area contributed by atoms with Gasteiger partial charge in [-0.2, -0.15) is 0 Å². The number of nitrogens with zero attached hydrogens (tertiary/aromatic N) is 2. The molecule has 0 fully saturated rings. The van der Waals surface area contributed by atoms with Gasteiger partial charge in [-0.15, -0.1) is 11.6 Å². The van der Waals surface area contributed by atoms with E-state index in [1.54, 1.807) is 11.5 Å². The van der Waals surface area contributed by atoms with Crippen LogP contribution in [0.5, 0.6) is 0 Å². The molecule has 1 unspecified atom stereocenters. The first kappa shape index (κ1) is 10.3. The van der Waals surface area contributed by atoms with Gasteiger partial charge in [-0.25, -0.2) is 9.30 Å². The van der Waals surface area contributed by atoms with Crippen LogP contribution in [-0.2, 0) is 6.54 Å². The van der Waals surface area contributed by atoms with Crippen LogP contribution in [0.3, 0.4) is 0 Å². The Bertz CT molecular complexity index is 299. The number of aryl methyl sites for hydroxylation is 1. The molecule has 13 heavy (non-hydrogen) atoms. The maximum absolute atomic E-state index is 11.1. The zero-order chi connectivity index (χ0) is 10.0. The van der Waals surface area contributed by atoms with Crippen molar-refractivity contribution in [3.05, 3.63) is 22.9 Å². The summed E-state index contributed by atoms with van der Waals surface area (Å²) in [6.45, 7) is 3.90. The molecule has 0 spiro atoms. The van der Waals surface area contributed by atoms with Crippen molar-refractivity contribution in [2.75, 3.05) is 5.88 Å². The molecule has 1 aromatic heterocycles. The van der Waals surface area contributed by atoms with Gasteiger partial charge in [0.25, 0.3) is 5.82 Å². The summed E-state index contributed by atoms with van der Waals surface area (Å²) in [6.07, 6.45) is 0.877. The summed E-state index contributed by atoms with van der Waals surface area (Å²) >= 11 is 5.47. The van der Waals surface area contributed by atoms with Gasteiger partial charge in [0.05, 0.1) is 5.88 Å². The van der Waals surface area contributed by atoms with Crippen LogP contribution >= 0.6 is 11.6 Å². The Morgan fingerprint density at radius 3 is 2.69 bits per heavy atom. The van der Waals surface area contributed by atoms with E-state index < -0.39 is 6.10 Å². The van der Waals surface area contributed by atoms with Gasteiger partial charge in [-0.05, 0) is 0 Å². The summed E-state index contributed by atoms with van der Waals surface area (Å²) in [6, 6.07) is 0. The lowest BCUT2D eigenvalue weighted by molar-refractivity contribution is -0.612. The molecule has 0 radical (unpaired) electrons. The number of aliphatic hydroxyl groups excluding tert-OH is 1. The monoisotopic (exact) mass is 204 g/mol. The molecule has 74 valence electrons. The van der Waals surface area contributed by atoms with Crippen LogP contribution in [0.4, 0.5) is 0 Å². The molecular formula is C8H13ClN2O2. The van der Waals surface area contributed by atoms with Crippen LogP contribution in [-0.4, -0.2) is 21.7 Å². The Hall–Kier alpha value is -0.740. The van der Waals surface area contributed by atoms with Gasteiger partial charge >= 0.3 is 0 Å². The highest BCUT2D eigenvalue weighted by Crippen LogP contribution is 2.03. The van der Waals surface area contributed by atoms with E-state index in [0.717, 1.165) is 10.4 Å². The first-order valence-corrected chi connectivity index (χ1v) is 4.59. The molecule has 4 nitrogen and oxygen atoms in total. The minimum Gasteiger partial charge on any atom is -0.711 e. The third-order valence-electron chi connectivity index (χ3n) is 2.01. The maximum atomic E-state index is 11.1. The smallest absolute Gasteiger partial charge is 0.256 e. The molecule has 1 rings (SSSR count). The standard InChI is InChI=1S/C8H13ClN2O2/c1-6-4-11(13)7(2)10(6)5-8(12)3-9/h4,8,12H,3,5H2,1-2H3. The van der Waals surface area contributed by atoms with Crippen molar-refractivity contribution in [1.82, 2.24) is 4.57 Å². The Morgan fingerprint density at radius 1 is 1.69 bits per heavy atom. The molecule has 0 aromatic carbocycles. The number of halogens is 1. The van der Waals surface area contributed by atoms with Crippen molar-refractivity contribution >= 4 is 11.6 Å². The second kappa shape index (κ2) is 3.98. The van der Waals surface area contributed by atoms with Gasteiger partial charge in [0, 0.05) is 13.8 Å². The zero-order valence-corrected chi connectivity index (χ0v) is 8.45. The van der Waals surface area contributed by atoms with Crippen molar-refractivity contribution in [3.63, 3.8) is 0 Å². The van der Waals surface area contributed by atoms with E-state index in [2.05, 4.69) is 0 Å². The SMILES string of the molecule is Cc1c[n+]([O-])c(C)n1CC(O)CCl. The lowest BCUT2D eigenvalue weighted by Crippen LogP contribution is -2.29. The molecule has 0 aliphatic heterocycles. The van der Waals surface area contributed by atoms with Crippen molar-refractivity contribution in [3.8, 4) is 0 Å². The van der Waals surface area contributed by atoms with Gasteiger partial charge < -0.3 is 10.3 Å². The minimum absolute atomic E-state index is 0.177. The predicted octanol–water partition coefficient (Wildman–Crippen LogP) is 0.338. The average Bonchev–Trinajstić information content (AvgIpc) is 2.32. The largest absolute Gasteiger partial charge is 0.711 e. The van der Waals surface area contributed by atoms with Crippen molar-refractivity contribution < 1.29 is 9.84 Å². The molecule has 0 bridgehead atoms. The number of aliphatic hydroxyl groups is 1. The predicted molar refractivity (Wildman–Crippen MR) is 49.6 cm³/mol. The van der Waals surface area contributed by atoms with Gasteiger partial charge in [-0.1, -0.05) is 0 Å². The lowest BCUT2D eigenvalue weighted by Gasteiger charge is -2.06. The van der Waals surface area contributed by atoms with E-state index >= 15 is 0 Å². The lowest BCUT2D eigenvalue weighted by atomic mass is 10.4. The third-order valence-corrected chi connectivity index (χ3v) is 2.37. The first-order valence-electron chi connectivity index (χ1n) is 4.06. The fraction of sp³-hybridized carbons (Fsp3) is 0.625. The van der Waals surface area contributed by atoms with Crippen LogP contribution in [0.15, 0.2) is 6.20 Å². The fourth-order valence-corrected chi connectivity index (χ4v) is 1.34. The van der Waals surface area contributed by atoms with E-state index in [-0.39, 0.29) is 5.88 Å². The van der Waals surface area contributed by atoms with Crippen molar-refractivity contribution in [2.45, 2.75) is 26.5 Å². The molecule has 1 N–H and O–H groups in total. The highest BCUT2D eigenvalue weighted by Gasteiger charge is 2.15. The van der Waals surface area contributed by atoms with Gasteiger partial charge in [0.1, 0.15) is 24.5 Å². The molecule has 0 aliphatic rings. The second-order valence-corrected chi connectivity index (χ2v) is 3.37. The minimum atomic E-state index is -0.605.